The van der Waals surface area contributed by atoms with Crippen molar-refractivity contribution in [3.63, 3.8) is 0 Å². The molecule has 1 heterocycles. The van der Waals surface area contributed by atoms with Crippen molar-refractivity contribution in [1.29, 1.82) is 0 Å². The highest BCUT2D eigenvalue weighted by Crippen LogP contribution is 2.30. The number of hydrogen-bond acceptors (Lipinski definition) is 2. The number of hydrogen-bond donors (Lipinski definition) is 1. The summed E-state index contributed by atoms with van der Waals surface area (Å²) in [5.74, 6) is 0. The minimum absolute atomic E-state index is 0.611. The lowest BCUT2D eigenvalue weighted by atomic mass is 10.0. The van der Waals surface area contributed by atoms with E-state index in [1.165, 1.54) is 0 Å². The molecule has 0 bridgehead atoms. The van der Waals surface area contributed by atoms with Crippen molar-refractivity contribution in [2.75, 3.05) is 0 Å². The molecule has 0 fully saturated rings. The van der Waals surface area contributed by atoms with Gasteiger partial charge in [0.1, 0.15) is 6.10 Å². The molecule has 1 aromatic heterocycles. The Bertz CT molecular complexity index is 509. The Hall–Kier alpha value is -0.350. The molecule has 1 nitrogen and oxygen atoms in total. The summed E-state index contributed by atoms with van der Waals surface area (Å²) in [6.07, 6.45) is -0.611. The van der Waals surface area contributed by atoms with E-state index in [0.29, 0.717) is 5.02 Å². The molecule has 0 aliphatic carbocycles. The zero-order valence-electron chi connectivity index (χ0n) is 8.58. The van der Waals surface area contributed by atoms with Crippen LogP contribution in [-0.4, -0.2) is 5.11 Å². The molecule has 0 spiro atoms. The summed E-state index contributed by atoms with van der Waals surface area (Å²) in [6, 6.07) is 7.55. The van der Waals surface area contributed by atoms with Crippen LogP contribution in [0.4, 0.5) is 0 Å². The minimum atomic E-state index is -0.611. The summed E-state index contributed by atoms with van der Waals surface area (Å²) >= 11 is 11.0. The summed E-state index contributed by atoms with van der Waals surface area (Å²) in [6.45, 7) is 1.94. The molecule has 0 saturated heterocycles. The molecule has 1 unspecified atom stereocenters. The first kappa shape index (κ1) is 12.1. The second-order valence-corrected chi connectivity index (χ2v) is 6.29. The Morgan fingerprint density at radius 3 is 2.62 bits per heavy atom. The molecule has 2 rings (SSSR count). The quantitative estimate of drug-likeness (QED) is 0.861. The van der Waals surface area contributed by atoms with E-state index in [4.69, 9.17) is 11.6 Å². The Morgan fingerprint density at radius 1 is 1.31 bits per heavy atom. The van der Waals surface area contributed by atoms with E-state index >= 15 is 0 Å². The Kier molecular flexibility index (Phi) is 3.70. The highest BCUT2D eigenvalue weighted by molar-refractivity contribution is 9.11. The van der Waals surface area contributed by atoms with Gasteiger partial charge < -0.3 is 5.11 Å². The van der Waals surface area contributed by atoms with Gasteiger partial charge in [-0.25, -0.2) is 0 Å². The summed E-state index contributed by atoms with van der Waals surface area (Å²) < 4.78 is 1.01. The number of halogens is 2. The number of thiophene rings is 1. The van der Waals surface area contributed by atoms with Crippen molar-refractivity contribution in [3.8, 4) is 0 Å². The van der Waals surface area contributed by atoms with E-state index in [1.807, 2.05) is 36.6 Å². The highest BCUT2D eigenvalue weighted by atomic mass is 79.9. The molecule has 0 saturated carbocycles. The fourth-order valence-corrected chi connectivity index (χ4v) is 2.82. The molecule has 1 atom stereocenters. The highest BCUT2D eigenvalue weighted by Gasteiger charge is 2.12. The minimum Gasteiger partial charge on any atom is -0.384 e. The van der Waals surface area contributed by atoms with Gasteiger partial charge in [-0.1, -0.05) is 23.7 Å². The van der Waals surface area contributed by atoms with Gasteiger partial charge in [-0.3, -0.25) is 0 Å². The molecule has 0 radical (unpaired) electrons. The third-order valence-electron chi connectivity index (χ3n) is 2.42. The lowest BCUT2D eigenvalue weighted by molar-refractivity contribution is 0.221. The van der Waals surface area contributed by atoms with Crippen molar-refractivity contribution >= 4 is 38.9 Å². The lowest BCUT2D eigenvalue weighted by Gasteiger charge is -2.10. The number of rotatable bonds is 2. The van der Waals surface area contributed by atoms with Crippen LogP contribution in [0.1, 0.15) is 22.8 Å². The van der Waals surface area contributed by atoms with E-state index in [2.05, 4.69) is 15.9 Å². The molecule has 0 amide bonds. The fourth-order valence-electron chi connectivity index (χ4n) is 1.44. The first-order valence-corrected chi connectivity index (χ1v) is 6.81. The topological polar surface area (TPSA) is 20.2 Å². The Labute approximate surface area is 112 Å². The third kappa shape index (κ3) is 2.48. The molecular formula is C12H10BrClOS. The third-order valence-corrected chi connectivity index (χ3v) is 4.34. The van der Waals surface area contributed by atoms with E-state index in [9.17, 15) is 5.11 Å². The van der Waals surface area contributed by atoms with Crippen LogP contribution in [0.3, 0.4) is 0 Å². The Balaban J connectivity index is 2.33. The van der Waals surface area contributed by atoms with Crippen molar-refractivity contribution in [2.45, 2.75) is 13.0 Å². The van der Waals surface area contributed by atoms with E-state index in [0.717, 1.165) is 20.5 Å². The van der Waals surface area contributed by atoms with Gasteiger partial charge in [-0.15, -0.1) is 11.3 Å². The van der Waals surface area contributed by atoms with Crippen LogP contribution in [0.5, 0.6) is 0 Å². The molecular weight excluding hydrogens is 308 g/mol. The largest absolute Gasteiger partial charge is 0.384 e. The van der Waals surface area contributed by atoms with E-state index in [1.54, 1.807) is 11.3 Å². The van der Waals surface area contributed by atoms with Gasteiger partial charge in [0, 0.05) is 5.02 Å². The molecule has 0 aliphatic heterocycles. The molecule has 0 aliphatic rings. The number of aliphatic hydroxyl groups excluding tert-OH is 1. The van der Waals surface area contributed by atoms with E-state index in [-0.39, 0.29) is 0 Å². The first-order valence-electron chi connectivity index (χ1n) is 4.76. The summed E-state index contributed by atoms with van der Waals surface area (Å²) in [5, 5.41) is 12.8. The summed E-state index contributed by atoms with van der Waals surface area (Å²) in [4.78, 5) is 0. The number of aryl methyl sites for hydroxylation is 1. The van der Waals surface area contributed by atoms with Gasteiger partial charge in [-0.2, -0.15) is 0 Å². The van der Waals surface area contributed by atoms with Crippen LogP contribution in [0.25, 0.3) is 0 Å². The molecule has 1 aromatic carbocycles. The number of benzene rings is 1. The van der Waals surface area contributed by atoms with Gasteiger partial charge >= 0.3 is 0 Å². The van der Waals surface area contributed by atoms with Gasteiger partial charge in [0.05, 0.1) is 3.79 Å². The number of aliphatic hydroxyl groups is 1. The van der Waals surface area contributed by atoms with Gasteiger partial charge in [-0.05, 0) is 57.1 Å². The smallest absolute Gasteiger partial charge is 0.105 e. The summed E-state index contributed by atoms with van der Waals surface area (Å²) in [7, 11) is 0. The first-order chi connectivity index (χ1) is 7.58. The molecule has 2 aromatic rings. The zero-order valence-corrected chi connectivity index (χ0v) is 11.7. The lowest BCUT2D eigenvalue weighted by Crippen LogP contribution is -1.98. The average Bonchev–Trinajstić information content (AvgIpc) is 2.68. The van der Waals surface area contributed by atoms with Gasteiger partial charge in [0.2, 0.25) is 0 Å². The van der Waals surface area contributed by atoms with Gasteiger partial charge in [0.15, 0.2) is 0 Å². The van der Waals surface area contributed by atoms with Crippen molar-refractivity contribution < 1.29 is 5.11 Å². The maximum atomic E-state index is 10.1. The maximum Gasteiger partial charge on any atom is 0.105 e. The molecule has 4 heteroatoms. The monoisotopic (exact) mass is 316 g/mol. The van der Waals surface area contributed by atoms with E-state index < -0.39 is 6.10 Å². The molecule has 1 N–H and O–H groups in total. The maximum absolute atomic E-state index is 10.1. The van der Waals surface area contributed by atoms with Crippen LogP contribution in [0.15, 0.2) is 33.4 Å². The van der Waals surface area contributed by atoms with Crippen LogP contribution >= 0.6 is 38.9 Å². The van der Waals surface area contributed by atoms with Crippen molar-refractivity contribution in [1.82, 2.24) is 0 Å². The fraction of sp³-hybridized carbons (Fsp3) is 0.167. The SMILES string of the molecule is Cc1ccc(C(O)c2csc(Br)c2)cc1Cl. The summed E-state index contributed by atoms with van der Waals surface area (Å²) in [5.41, 5.74) is 2.72. The van der Waals surface area contributed by atoms with Crippen LogP contribution in [0.2, 0.25) is 5.02 Å². The second kappa shape index (κ2) is 4.88. The van der Waals surface area contributed by atoms with Crippen LogP contribution in [0, 0.1) is 6.92 Å². The van der Waals surface area contributed by atoms with Crippen LogP contribution in [-0.2, 0) is 0 Å². The standard InChI is InChI=1S/C12H10BrClOS/c1-7-2-3-8(4-10(7)14)12(15)9-5-11(13)16-6-9/h2-6,12,15H,1H3. The Morgan fingerprint density at radius 2 is 2.06 bits per heavy atom. The molecule has 16 heavy (non-hydrogen) atoms. The average molecular weight is 318 g/mol. The van der Waals surface area contributed by atoms with Crippen molar-refractivity contribution in [2.24, 2.45) is 0 Å². The van der Waals surface area contributed by atoms with Crippen molar-refractivity contribution in [3.05, 3.63) is 55.1 Å². The predicted octanol–water partition coefficient (Wildman–Crippen LogP) is 4.55. The molecule has 84 valence electrons. The van der Waals surface area contributed by atoms with Crippen LogP contribution < -0.4 is 0 Å². The normalized spacial score (nSPS) is 12.8. The predicted molar refractivity (Wildman–Crippen MR) is 72.3 cm³/mol. The van der Waals surface area contributed by atoms with Gasteiger partial charge in [0.25, 0.3) is 0 Å². The zero-order chi connectivity index (χ0) is 11.7. The second-order valence-electron chi connectivity index (χ2n) is 3.60.